The maximum atomic E-state index is 13.7. The lowest BCUT2D eigenvalue weighted by atomic mass is 10.1. The summed E-state index contributed by atoms with van der Waals surface area (Å²) in [6.07, 6.45) is 2.71. The van der Waals surface area contributed by atoms with Crippen LogP contribution in [-0.2, 0) is 17.8 Å². The summed E-state index contributed by atoms with van der Waals surface area (Å²) in [7, 11) is 0. The van der Waals surface area contributed by atoms with Crippen LogP contribution in [0.5, 0.6) is 0 Å². The average molecular weight is 537 g/mol. The molecule has 0 atom stereocenters. The molecule has 0 saturated carbocycles. The predicted octanol–water partition coefficient (Wildman–Crippen LogP) is 6.84. The Labute approximate surface area is 228 Å². The zero-order chi connectivity index (χ0) is 26.4. The van der Waals surface area contributed by atoms with Crippen LogP contribution in [0.3, 0.4) is 0 Å². The van der Waals surface area contributed by atoms with E-state index in [0.717, 1.165) is 22.0 Å². The Kier molecular flexibility index (Phi) is 8.91. The van der Waals surface area contributed by atoms with Crippen LogP contribution in [0.1, 0.15) is 35.3 Å². The second kappa shape index (κ2) is 12.3. The Morgan fingerprint density at radius 2 is 1.57 bits per heavy atom. The van der Waals surface area contributed by atoms with E-state index in [4.69, 9.17) is 23.2 Å². The molecule has 5 nitrogen and oxygen atoms in total. The third-order valence-corrected chi connectivity index (χ3v) is 6.64. The Hall–Kier alpha value is -3.28. The molecule has 0 saturated heterocycles. The first-order chi connectivity index (χ1) is 17.8. The molecule has 0 unspecified atom stereocenters. The molecule has 192 valence electrons. The molecule has 4 rings (SSSR count). The number of hydrogen-bond donors (Lipinski definition) is 1. The van der Waals surface area contributed by atoms with Gasteiger partial charge in [0.15, 0.2) is 0 Å². The highest BCUT2D eigenvalue weighted by Gasteiger charge is 2.24. The lowest BCUT2D eigenvalue weighted by Gasteiger charge is -2.29. The molecule has 1 N–H and O–H groups in total. The molecule has 3 aromatic carbocycles. The number of halogens is 2. The van der Waals surface area contributed by atoms with Crippen LogP contribution in [0.15, 0.2) is 79.0 Å². The topological polar surface area (TPSA) is 56.4 Å². The number of H-pyrrole nitrogens is 1. The molecular formula is C30H31Cl2N3O2. The largest absolute Gasteiger partial charge is 0.361 e. The third kappa shape index (κ3) is 7.15. The number of aromatic amines is 1. The second-order valence-corrected chi connectivity index (χ2v) is 10.5. The van der Waals surface area contributed by atoms with Crippen molar-refractivity contribution in [3.8, 4) is 0 Å². The van der Waals surface area contributed by atoms with E-state index >= 15 is 0 Å². The number of rotatable bonds is 10. The molecule has 0 fully saturated rings. The summed E-state index contributed by atoms with van der Waals surface area (Å²) in [6, 6.07) is 22.8. The quantitative estimate of drug-likeness (QED) is 0.241. The second-order valence-electron chi connectivity index (χ2n) is 9.65. The summed E-state index contributed by atoms with van der Waals surface area (Å²) in [4.78, 5) is 33.9. The van der Waals surface area contributed by atoms with Crippen molar-refractivity contribution < 1.29 is 9.59 Å². The SMILES string of the molecule is CC(C)CN(CC(=O)N(CCc1c[nH]c2ccccc12)Cc1ccccc1)C(=O)c1cc(Cl)cc(Cl)c1. The zero-order valence-corrected chi connectivity index (χ0v) is 22.6. The van der Waals surface area contributed by atoms with Crippen LogP contribution in [0, 0.1) is 5.92 Å². The fraction of sp³-hybridized carbons (Fsp3) is 0.267. The molecule has 1 aromatic heterocycles. The first kappa shape index (κ1) is 26.8. The van der Waals surface area contributed by atoms with Crippen LogP contribution in [0.25, 0.3) is 10.9 Å². The fourth-order valence-electron chi connectivity index (χ4n) is 4.47. The summed E-state index contributed by atoms with van der Waals surface area (Å²) in [5.41, 5.74) is 3.65. The van der Waals surface area contributed by atoms with Gasteiger partial charge in [-0.2, -0.15) is 0 Å². The van der Waals surface area contributed by atoms with Crippen molar-refractivity contribution >= 4 is 45.9 Å². The van der Waals surface area contributed by atoms with Crippen molar-refractivity contribution in [1.29, 1.82) is 0 Å². The Bertz CT molecular complexity index is 1350. The van der Waals surface area contributed by atoms with E-state index in [1.165, 1.54) is 0 Å². The number of carbonyl (C=O) groups excluding carboxylic acids is 2. The van der Waals surface area contributed by atoms with Crippen molar-refractivity contribution in [3.05, 3.63) is 106 Å². The van der Waals surface area contributed by atoms with Crippen LogP contribution in [-0.4, -0.2) is 46.2 Å². The summed E-state index contributed by atoms with van der Waals surface area (Å²) in [6.45, 7) is 5.46. The fourth-order valence-corrected chi connectivity index (χ4v) is 5.00. The average Bonchev–Trinajstić information content (AvgIpc) is 3.28. The smallest absolute Gasteiger partial charge is 0.254 e. The van der Waals surface area contributed by atoms with Gasteiger partial charge in [-0.3, -0.25) is 9.59 Å². The number of aromatic nitrogens is 1. The van der Waals surface area contributed by atoms with Crippen molar-refractivity contribution in [2.75, 3.05) is 19.6 Å². The van der Waals surface area contributed by atoms with E-state index in [1.54, 1.807) is 23.1 Å². The number of hydrogen-bond acceptors (Lipinski definition) is 2. The number of fused-ring (bicyclic) bond motifs is 1. The molecule has 0 aliphatic rings. The monoisotopic (exact) mass is 535 g/mol. The number of benzene rings is 3. The van der Waals surface area contributed by atoms with Gasteiger partial charge in [0, 0.05) is 52.3 Å². The van der Waals surface area contributed by atoms with Crippen LogP contribution >= 0.6 is 23.2 Å². The lowest BCUT2D eigenvalue weighted by Crippen LogP contribution is -2.44. The highest BCUT2D eigenvalue weighted by molar-refractivity contribution is 6.35. The van der Waals surface area contributed by atoms with Gasteiger partial charge in [-0.25, -0.2) is 0 Å². The molecule has 0 spiro atoms. The molecule has 0 radical (unpaired) electrons. The number of nitrogens with zero attached hydrogens (tertiary/aromatic N) is 2. The molecule has 37 heavy (non-hydrogen) atoms. The molecule has 0 aliphatic heterocycles. The minimum atomic E-state index is -0.261. The minimum absolute atomic E-state index is 0.0259. The van der Waals surface area contributed by atoms with E-state index in [-0.39, 0.29) is 24.3 Å². The molecule has 0 bridgehead atoms. The maximum Gasteiger partial charge on any atom is 0.254 e. The number of para-hydroxylation sites is 1. The number of carbonyl (C=O) groups is 2. The van der Waals surface area contributed by atoms with Crippen molar-refractivity contribution in [1.82, 2.24) is 14.8 Å². The summed E-state index contributed by atoms with van der Waals surface area (Å²) >= 11 is 12.3. The van der Waals surface area contributed by atoms with E-state index < -0.39 is 0 Å². The van der Waals surface area contributed by atoms with Crippen molar-refractivity contribution in [2.24, 2.45) is 5.92 Å². The highest BCUT2D eigenvalue weighted by atomic mass is 35.5. The number of amides is 2. The van der Waals surface area contributed by atoms with E-state index in [1.807, 2.05) is 73.5 Å². The first-order valence-corrected chi connectivity index (χ1v) is 13.2. The zero-order valence-electron chi connectivity index (χ0n) is 21.1. The molecular weight excluding hydrogens is 505 g/mol. The van der Waals surface area contributed by atoms with Gasteiger partial charge in [-0.05, 0) is 47.7 Å². The molecule has 0 aliphatic carbocycles. The van der Waals surface area contributed by atoms with E-state index in [2.05, 4.69) is 11.1 Å². The van der Waals surface area contributed by atoms with Crippen molar-refractivity contribution in [2.45, 2.75) is 26.8 Å². The van der Waals surface area contributed by atoms with Crippen molar-refractivity contribution in [3.63, 3.8) is 0 Å². The van der Waals surface area contributed by atoms with Gasteiger partial charge in [-0.15, -0.1) is 0 Å². The van der Waals surface area contributed by atoms with Gasteiger partial charge >= 0.3 is 0 Å². The van der Waals surface area contributed by atoms with E-state index in [0.29, 0.717) is 41.7 Å². The van der Waals surface area contributed by atoms with Crippen LogP contribution < -0.4 is 0 Å². The molecule has 2 amide bonds. The number of nitrogens with one attached hydrogen (secondary N) is 1. The molecule has 4 aromatic rings. The molecule has 1 heterocycles. The van der Waals surface area contributed by atoms with Crippen LogP contribution in [0.4, 0.5) is 0 Å². The van der Waals surface area contributed by atoms with Gasteiger partial charge in [0.05, 0.1) is 0 Å². The normalized spacial score (nSPS) is 11.2. The van der Waals surface area contributed by atoms with Gasteiger partial charge < -0.3 is 14.8 Å². The first-order valence-electron chi connectivity index (χ1n) is 12.4. The third-order valence-electron chi connectivity index (χ3n) is 6.20. The minimum Gasteiger partial charge on any atom is -0.361 e. The summed E-state index contributed by atoms with van der Waals surface area (Å²) in [5.74, 6) is -0.186. The lowest BCUT2D eigenvalue weighted by molar-refractivity contribution is -0.132. The van der Waals surface area contributed by atoms with Gasteiger partial charge in [0.2, 0.25) is 5.91 Å². The highest BCUT2D eigenvalue weighted by Crippen LogP contribution is 2.22. The molecule has 7 heteroatoms. The Morgan fingerprint density at radius 1 is 0.892 bits per heavy atom. The Balaban J connectivity index is 1.55. The van der Waals surface area contributed by atoms with Gasteiger partial charge in [-0.1, -0.05) is 85.6 Å². The predicted molar refractivity (Wildman–Crippen MR) is 151 cm³/mol. The maximum absolute atomic E-state index is 13.7. The standard InChI is InChI=1S/C30H31Cl2N3O2/c1-21(2)18-35(30(37)24-14-25(31)16-26(32)15-24)20-29(36)34(19-22-8-4-3-5-9-22)13-12-23-17-33-28-11-7-6-10-27(23)28/h3-11,14-17,21,33H,12-13,18-20H2,1-2H3. The summed E-state index contributed by atoms with van der Waals surface area (Å²) in [5, 5.41) is 1.93. The Morgan fingerprint density at radius 3 is 2.27 bits per heavy atom. The van der Waals surface area contributed by atoms with Gasteiger partial charge in [0.1, 0.15) is 6.54 Å². The van der Waals surface area contributed by atoms with E-state index in [9.17, 15) is 9.59 Å². The van der Waals surface area contributed by atoms with Gasteiger partial charge in [0.25, 0.3) is 5.91 Å². The van der Waals surface area contributed by atoms with Crippen LogP contribution in [0.2, 0.25) is 10.0 Å². The summed E-state index contributed by atoms with van der Waals surface area (Å²) < 4.78 is 0.